The molecule has 0 aliphatic carbocycles. The van der Waals surface area contributed by atoms with E-state index in [1.807, 2.05) is 0 Å². The zero-order valence-corrected chi connectivity index (χ0v) is 18.1. The number of piperidine rings is 1. The zero-order chi connectivity index (χ0) is 21.3. The van der Waals surface area contributed by atoms with E-state index >= 15 is 0 Å². The van der Waals surface area contributed by atoms with Gasteiger partial charge in [0.2, 0.25) is 6.43 Å². The maximum Gasteiger partial charge on any atom is 0.254 e. The summed E-state index contributed by atoms with van der Waals surface area (Å²) >= 11 is 12.1. The summed E-state index contributed by atoms with van der Waals surface area (Å²) in [6.45, 7) is 4.48. The van der Waals surface area contributed by atoms with Gasteiger partial charge in [0, 0.05) is 24.7 Å². The molecule has 2 aliphatic heterocycles. The van der Waals surface area contributed by atoms with Crippen molar-refractivity contribution >= 4 is 29.1 Å². The first-order valence-corrected chi connectivity index (χ1v) is 10.3. The van der Waals surface area contributed by atoms with E-state index in [0.29, 0.717) is 37.2 Å². The number of alkyl halides is 2. The highest BCUT2D eigenvalue weighted by molar-refractivity contribution is 6.42. The van der Waals surface area contributed by atoms with E-state index in [4.69, 9.17) is 37.4 Å². The number of likely N-dealkylation sites (tertiary alicyclic amines) is 1. The van der Waals surface area contributed by atoms with Crippen LogP contribution in [0.2, 0.25) is 10.0 Å². The quantitative estimate of drug-likeness (QED) is 0.648. The van der Waals surface area contributed by atoms with Crippen LogP contribution in [-0.4, -0.2) is 55.9 Å². The Morgan fingerprint density at radius 3 is 2.38 bits per heavy atom. The van der Waals surface area contributed by atoms with Crippen molar-refractivity contribution in [3.05, 3.63) is 27.7 Å². The maximum absolute atomic E-state index is 14.1. The van der Waals surface area contributed by atoms with Crippen LogP contribution in [0.5, 0.6) is 5.75 Å². The SMILES string of the molecule is COc1cc(Cl)c(Cl)cc1C(C(F)F)C1CCN(C(=O)[C@H]2COC(C)(C)O2)CC1. The molecule has 1 aromatic rings. The van der Waals surface area contributed by atoms with Crippen molar-refractivity contribution in [2.75, 3.05) is 26.8 Å². The van der Waals surface area contributed by atoms with Gasteiger partial charge >= 0.3 is 0 Å². The largest absolute Gasteiger partial charge is 0.496 e. The highest BCUT2D eigenvalue weighted by Gasteiger charge is 2.41. The molecule has 9 heteroatoms. The van der Waals surface area contributed by atoms with Crippen LogP contribution in [-0.2, 0) is 14.3 Å². The van der Waals surface area contributed by atoms with Gasteiger partial charge < -0.3 is 19.1 Å². The highest BCUT2D eigenvalue weighted by atomic mass is 35.5. The lowest BCUT2D eigenvalue weighted by molar-refractivity contribution is -0.161. The van der Waals surface area contributed by atoms with Gasteiger partial charge in [0.1, 0.15) is 5.75 Å². The maximum atomic E-state index is 14.1. The number of halogens is 4. The second kappa shape index (κ2) is 8.92. The van der Waals surface area contributed by atoms with Crippen LogP contribution in [0, 0.1) is 5.92 Å². The molecule has 0 aromatic heterocycles. The molecule has 1 unspecified atom stereocenters. The van der Waals surface area contributed by atoms with Crippen LogP contribution >= 0.6 is 23.2 Å². The molecule has 2 fully saturated rings. The van der Waals surface area contributed by atoms with Crippen molar-refractivity contribution in [1.29, 1.82) is 0 Å². The number of rotatable bonds is 5. The summed E-state index contributed by atoms with van der Waals surface area (Å²) in [4.78, 5) is 14.3. The lowest BCUT2D eigenvalue weighted by Gasteiger charge is -2.37. The highest BCUT2D eigenvalue weighted by Crippen LogP contribution is 2.43. The van der Waals surface area contributed by atoms with E-state index in [1.165, 1.54) is 19.2 Å². The summed E-state index contributed by atoms with van der Waals surface area (Å²) in [5.74, 6) is -2.02. The van der Waals surface area contributed by atoms with E-state index in [9.17, 15) is 13.6 Å². The van der Waals surface area contributed by atoms with Crippen molar-refractivity contribution in [3.63, 3.8) is 0 Å². The molecular formula is C20H25Cl2F2NO4. The van der Waals surface area contributed by atoms with Gasteiger partial charge in [0.25, 0.3) is 5.91 Å². The molecule has 0 N–H and O–H groups in total. The predicted octanol–water partition coefficient (Wildman–Crippen LogP) is 4.74. The first-order valence-electron chi connectivity index (χ1n) is 9.54. The first kappa shape index (κ1) is 22.5. The van der Waals surface area contributed by atoms with Gasteiger partial charge in [-0.2, -0.15) is 0 Å². The van der Waals surface area contributed by atoms with E-state index in [2.05, 4.69) is 0 Å². The number of hydrogen-bond donors (Lipinski definition) is 0. The minimum atomic E-state index is -2.60. The fraction of sp³-hybridized carbons (Fsp3) is 0.650. The van der Waals surface area contributed by atoms with Crippen LogP contribution in [0.1, 0.15) is 38.2 Å². The summed E-state index contributed by atoms with van der Waals surface area (Å²) in [7, 11) is 1.41. The van der Waals surface area contributed by atoms with E-state index in [1.54, 1.807) is 18.7 Å². The van der Waals surface area contributed by atoms with Crippen molar-refractivity contribution in [1.82, 2.24) is 4.90 Å². The van der Waals surface area contributed by atoms with Crippen molar-refractivity contribution in [2.24, 2.45) is 5.92 Å². The molecule has 2 heterocycles. The Hall–Kier alpha value is -1.15. The Kier molecular flexibility index (Phi) is 6.93. The van der Waals surface area contributed by atoms with E-state index < -0.39 is 24.2 Å². The number of methoxy groups -OCH3 is 1. The van der Waals surface area contributed by atoms with Crippen molar-refractivity contribution < 1.29 is 27.8 Å². The summed E-state index contributed by atoms with van der Waals surface area (Å²) in [5.41, 5.74) is 0.343. The monoisotopic (exact) mass is 451 g/mol. The van der Waals surface area contributed by atoms with E-state index in [-0.39, 0.29) is 28.5 Å². The zero-order valence-electron chi connectivity index (χ0n) is 16.6. The Morgan fingerprint density at radius 1 is 1.24 bits per heavy atom. The molecule has 1 aromatic carbocycles. The smallest absolute Gasteiger partial charge is 0.254 e. The predicted molar refractivity (Wildman–Crippen MR) is 106 cm³/mol. The van der Waals surface area contributed by atoms with Gasteiger partial charge in [-0.15, -0.1) is 0 Å². The van der Waals surface area contributed by atoms with E-state index in [0.717, 1.165) is 0 Å². The molecule has 29 heavy (non-hydrogen) atoms. The fourth-order valence-corrected chi connectivity index (χ4v) is 4.39. The third-order valence-electron chi connectivity index (χ3n) is 5.55. The molecule has 3 rings (SSSR count). The molecule has 162 valence electrons. The molecule has 5 nitrogen and oxygen atoms in total. The summed E-state index contributed by atoms with van der Waals surface area (Å²) < 4.78 is 44.5. The van der Waals surface area contributed by atoms with Crippen LogP contribution in [0.4, 0.5) is 8.78 Å². The number of nitrogens with zero attached hydrogens (tertiary/aromatic N) is 1. The minimum Gasteiger partial charge on any atom is -0.496 e. The third-order valence-corrected chi connectivity index (χ3v) is 6.27. The van der Waals surface area contributed by atoms with Gasteiger partial charge in [-0.25, -0.2) is 8.78 Å². The lowest BCUT2D eigenvalue weighted by Crippen LogP contribution is -2.46. The average molecular weight is 452 g/mol. The number of carbonyl (C=O) groups excluding carboxylic acids is 1. The minimum absolute atomic E-state index is 0.158. The second-order valence-electron chi connectivity index (χ2n) is 7.85. The van der Waals surface area contributed by atoms with Crippen molar-refractivity contribution in [3.8, 4) is 5.75 Å². The van der Waals surface area contributed by atoms with Crippen LogP contribution in [0.3, 0.4) is 0 Å². The normalized spacial score (nSPS) is 23.4. The summed E-state index contributed by atoms with van der Waals surface area (Å²) in [5, 5.41) is 0.462. The average Bonchev–Trinajstić information content (AvgIpc) is 3.04. The van der Waals surface area contributed by atoms with Crippen LogP contribution < -0.4 is 4.74 Å². The van der Waals surface area contributed by atoms with Crippen LogP contribution in [0.15, 0.2) is 12.1 Å². The number of hydrogen-bond acceptors (Lipinski definition) is 4. The number of benzene rings is 1. The second-order valence-corrected chi connectivity index (χ2v) is 8.66. The molecule has 2 atom stereocenters. The third kappa shape index (κ3) is 4.95. The van der Waals surface area contributed by atoms with Gasteiger partial charge in [0.15, 0.2) is 11.9 Å². The summed E-state index contributed by atoms with van der Waals surface area (Å²) in [6.07, 6.45) is -2.36. The Balaban J connectivity index is 1.71. The molecule has 0 saturated carbocycles. The molecule has 0 spiro atoms. The Bertz CT molecular complexity index is 754. The molecular weight excluding hydrogens is 427 g/mol. The van der Waals surface area contributed by atoms with Crippen LogP contribution in [0.25, 0.3) is 0 Å². The standard InChI is InChI=1S/C20H25Cl2F2NO4/c1-20(2)28-10-16(29-20)19(26)25-6-4-11(5-7-25)17(18(23)24)12-8-13(21)14(22)9-15(12)27-3/h8-9,11,16-18H,4-7,10H2,1-3H3/t16-,17?/m1/s1. The molecule has 1 amide bonds. The van der Waals surface area contributed by atoms with Gasteiger partial charge in [-0.1, -0.05) is 23.2 Å². The van der Waals surface area contributed by atoms with Gasteiger partial charge in [-0.05, 0) is 38.7 Å². The number of ether oxygens (including phenoxy) is 3. The Morgan fingerprint density at radius 2 is 1.86 bits per heavy atom. The lowest BCUT2D eigenvalue weighted by atomic mass is 9.79. The van der Waals surface area contributed by atoms with Crippen molar-refractivity contribution in [2.45, 2.75) is 50.9 Å². The molecule has 0 radical (unpaired) electrons. The first-order chi connectivity index (χ1) is 13.6. The molecule has 2 saturated heterocycles. The van der Waals surface area contributed by atoms with Gasteiger partial charge in [-0.3, -0.25) is 4.79 Å². The number of amides is 1. The number of carbonyl (C=O) groups is 1. The Labute approximate surface area is 179 Å². The summed E-state index contributed by atoms with van der Waals surface area (Å²) in [6, 6.07) is 2.93. The van der Waals surface area contributed by atoms with Gasteiger partial charge in [0.05, 0.1) is 29.7 Å². The topological polar surface area (TPSA) is 48.0 Å². The molecule has 2 aliphatic rings. The fourth-order valence-electron chi connectivity index (χ4n) is 4.07. The molecule has 0 bridgehead atoms.